The summed E-state index contributed by atoms with van der Waals surface area (Å²) in [6.07, 6.45) is -4.70. The van der Waals surface area contributed by atoms with Gasteiger partial charge >= 0.3 is 6.18 Å². The number of hydrogen-bond acceptors (Lipinski definition) is 2. The van der Waals surface area contributed by atoms with Gasteiger partial charge in [0.15, 0.2) is 5.60 Å². The molecule has 90 valence electrons. The molecule has 1 unspecified atom stereocenters. The molecule has 0 heterocycles. The largest absolute Gasteiger partial charge is 0.490 e. The van der Waals surface area contributed by atoms with Crippen LogP contribution < -0.4 is 4.74 Å². The standard InChI is InChI=1S/C11H13F3O2/c1-8-4-3-5-9(6-8)16-7-10(2,15)11(12,13)14/h3-6,15H,7H2,1-2H3. The molecule has 0 aromatic heterocycles. The van der Waals surface area contributed by atoms with Gasteiger partial charge in [0.1, 0.15) is 12.4 Å². The Hall–Kier alpha value is -1.23. The monoisotopic (exact) mass is 234 g/mol. The summed E-state index contributed by atoms with van der Waals surface area (Å²) in [5.74, 6) is 0.310. The first-order chi connectivity index (χ1) is 7.22. The highest BCUT2D eigenvalue weighted by Crippen LogP contribution is 2.30. The Morgan fingerprint density at radius 1 is 1.31 bits per heavy atom. The summed E-state index contributed by atoms with van der Waals surface area (Å²) < 4.78 is 41.8. The summed E-state index contributed by atoms with van der Waals surface area (Å²) in [5.41, 5.74) is -1.96. The molecule has 0 amide bonds. The normalized spacial score (nSPS) is 15.6. The SMILES string of the molecule is Cc1cccc(OCC(C)(O)C(F)(F)F)c1. The Morgan fingerprint density at radius 2 is 1.94 bits per heavy atom. The fourth-order valence-corrected chi connectivity index (χ4v) is 1.01. The van der Waals surface area contributed by atoms with Crippen LogP contribution in [0.3, 0.4) is 0 Å². The molecule has 16 heavy (non-hydrogen) atoms. The molecule has 0 saturated carbocycles. The Labute approximate surface area is 91.7 Å². The number of alkyl halides is 3. The molecular weight excluding hydrogens is 221 g/mol. The van der Waals surface area contributed by atoms with Gasteiger partial charge in [-0.15, -0.1) is 0 Å². The zero-order valence-corrected chi connectivity index (χ0v) is 9.01. The molecule has 1 atom stereocenters. The van der Waals surface area contributed by atoms with Gasteiger partial charge < -0.3 is 9.84 Å². The van der Waals surface area contributed by atoms with E-state index in [1.807, 2.05) is 0 Å². The summed E-state index contributed by atoms with van der Waals surface area (Å²) in [4.78, 5) is 0. The molecule has 0 aliphatic rings. The zero-order chi connectivity index (χ0) is 12.4. The van der Waals surface area contributed by atoms with Crippen LogP contribution in [0, 0.1) is 6.92 Å². The Kier molecular flexibility index (Phi) is 3.48. The number of hydrogen-bond donors (Lipinski definition) is 1. The van der Waals surface area contributed by atoms with Crippen LogP contribution in [0.5, 0.6) is 5.75 Å². The first-order valence-corrected chi connectivity index (χ1v) is 4.71. The predicted octanol–water partition coefficient (Wildman–Crippen LogP) is 2.69. The van der Waals surface area contributed by atoms with Crippen LogP contribution in [0.15, 0.2) is 24.3 Å². The van der Waals surface area contributed by atoms with Gasteiger partial charge in [-0.3, -0.25) is 0 Å². The van der Waals surface area contributed by atoms with Gasteiger partial charge in [-0.05, 0) is 31.5 Å². The zero-order valence-electron chi connectivity index (χ0n) is 9.01. The van der Waals surface area contributed by atoms with Gasteiger partial charge in [0.25, 0.3) is 0 Å². The van der Waals surface area contributed by atoms with Crippen molar-refractivity contribution in [2.75, 3.05) is 6.61 Å². The number of aliphatic hydroxyl groups is 1. The fraction of sp³-hybridized carbons (Fsp3) is 0.455. The van der Waals surface area contributed by atoms with E-state index in [4.69, 9.17) is 9.84 Å². The smallest absolute Gasteiger partial charge is 0.420 e. The van der Waals surface area contributed by atoms with E-state index in [1.165, 1.54) is 0 Å². The minimum absolute atomic E-state index is 0.310. The molecular formula is C11H13F3O2. The van der Waals surface area contributed by atoms with Gasteiger partial charge in [-0.25, -0.2) is 0 Å². The van der Waals surface area contributed by atoms with Crippen molar-refractivity contribution in [1.82, 2.24) is 0 Å². The highest BCUT2D eigenvalue weighted by molar-refractivity contribution is 5.27. The molecule has 5 heteroatoms. The average Bonchev–Trinajstić information content (AvgIpc) is 2.13. The molecule has 0 saturated heterocycles. The number of halogens is 3. The third-order valence-electron chi connectivity index (χ3n) is 2.12. The Morgan fingerprint density at radius 3 is 2.44 bits per heavy atom. The minimum atomic E-state index is -4.70. The molecule has 0 spiro atoms. The molecule has 0 fully saturated rings. The molecule has 2 nitrogen and oxygen atoms in total. The second-order valence-corrected chi connectivity index (χ2v) is 3.88. The van der Waals surface area contributed by atoms with Crippen LogP contribution in [-0.2, 0) is 0 Å². The van der Waals surface area contributed by atoms with Crippen molar-refractivity contribution in [3.8, 4) is 5.75 Å². The lowest BCUT2D eigenvalue weighted by atomic mass is 10.1. The maximum Gasteiger partial charge on any atom is 0.420 e. The van der Waals surface area contributed by atoms with Crippen LogP contribution in [-0.4, -0.2) is 23.5 Å². The average molecular weight is 234 g/mol. The van der Waals surface area contributed by atoms with E-state index >= 15 is 0 Å². The lowest BCUT2D eigenvalue weighted by Gasteiger charge is -2.26. The highest BCUT2D eigenvalue weighted by atomic mass is 19.4. The molecule has 1 aromatic carbocycles. The third-order valence-corrected chi connectivity index (χ3v) is 2.12. The molecule has 0 aliphatic carbocycles. The summed E-state index contributed by atoms with van der Waals surface area (Å²) in [6.45, 7) is 1.66. The van der Waals surface area contributed by atoms with Gasteiger partial charge in [0.05, 0.1) is 0 Å². The van der Waals surface area contributed by atoms with E-state index < -0.39 is 18.4 Å². The van der Waals surface area contributed by atoms with Crippen LogP contribution in [0.25, 0.3) is 0 Å². The maximum atomic E-state index is 12.3. The number of rotatable bonds is 3. The fourth-order valence-electron chi connectivity index (χ4n) is 1.01. The van der Waals surface area contributed by atoms with E-state index in [0.717, 1.165) is 5.56 Å². The number of aryl methyl sites for hydroxylation is 1. The van der Waals surface area contributed by atoms with Crippen molar-refractivity contribution in [2.45, 2.75) is 25.6 Å². The van der Waals surface area contributed by atoms with Crippen molar-refractivity contribution in [1.29, 1.82) is 0 Å². The van der Waals surface area contributed by atoms with Gasteiger partial charge in [0, 0.05) is 0 Å². The van der Waals surface area contributed by atoms with E-state index in [2.05, 4.69) is 0 Å². The van der Waals surface area contributed by atoms with E-state index in [1.54, 1.807) is 31.2 Å². The highest BCUT2D eigenvalue weighted by Gasteiger charge is 2.50. The number of benzene rings is 1. The van der Waals surface area contributed by atoms with Crippen LogP contribution in [0.2, 0.25) is 0 Å². The first kappa shape index (κ1) is 12.8. The Bertz CT molecular complexity index is 358. The summed E-state index contributed by atoms with van der Waals surface area (Å²) >= 11 is 0. The second kappa shape index (κ2) is 4.33. The van der Waals surface area contributed by atoms with Crippen LogP contribution >= 0.6 is 0 Å². The second-order valence-electron chi connectivity index (χ2n) is 3.88. The van der Waals surface area contributed by atoms with Crippen molar-refractivity contribution in [3.05, 3.63) is 29.8 Å². The predicted molar refractivity (Wildman–Crippen MR) is 53.4 cm³/mol. The van der Waals surface area contributed by atoms with Crippen molar-refractivity contribution < 1.29 is 23.0 Å². The van der Waals surface area contributed by atoms with E-state index in [9.17, 15) is 13.2 Å². The summed E-state index contributed by atoms with van der Waals surface area (Å²) in [6, 6.07) is 6.62. The lowest BCUT2D eigenvalue weighted by Crippen LogP contribution is -2.47. The molecule has 1 N–H and O–H groups in total. The number of ether oxygens (including phenoxy) is 1. The summed E-state index contributed by atoms with van der Waals surface area (Å²) in [7, 11) is 0. The molecule has 1 rings (SSSR count). The Balaban J connectivity index is 2.65. The maximum absolute atomic E-state index is 12.3. The topological polar surface area (TPSA) is 29.5 Å². The van der Waals surface area contributed by atoms with Crippen molar-refractivity contribution >= 4 is 0 Å². The van der Waals surface area contributed by atoms with Gasteiger partial charge in [-0.1, -0.05) is 12.1 Å². The third kappa shape index (κ3) is 3.13. The van der Waals surface area contributed by atoms with Crippen molar-refractivity contribution in [2.24, 2.45) is 0 Å². The lowest BCUT2D eigenvalue weighted by molar-refractivity contribution is -0.260. The summed E-state index contributed by atoms with van der Waals surface area (Å²) in [5, 5.41) is 9.13. The molecule has 1 aromatic rings. The van der Waals surface area contributed by atoms with Crippen molar-refractivity contribution in [3.63, 3.8) is 0 Å². The molecule has 0 bridgehead atoms. The van der Waals surface area contributed by atoms with Crippen LogP contribution in [0.4, 0.5) is 13.2 Å². The molecule has 0 radical (unpaired) electrons. The van der Waals surface area contributed by atoms with Gasteiger partial charge in [-0.2, -0.15) is 13.2 Å². The van der Waals surface area contributed by atoms with Crippen LogP contribution in [0.1, 0.15) is 12.5 Å². The van der Waals surface area contributed by atoms with E-state index in [0.29, 0.717) is 12.7 Å². The van der Waals surface area contributed by atoms with E-state index in [-0.39, 0.29) is 0 Å². The minimum Gasteiger partial charge on any atom is -0.490 e. The molecule has 0 aliphatic heterocycles. The van der Waals surface area contributed by atoms with Gasteiger partial charge in [0.2, 0.25) is 0 Å². The quantitative estimate of drug-likeness (QED) is 0.871. The first-order valence-electron chi connectivity index (χ1n) is 4.71.